The maximum Gasteiger partial charge on any atom is 0.0709 e. The van der Waals surface area contributed by atoms with Crippen molar-refractivity contribution < 1.29 is 0 Å². The van der Waals surface area contributed by atoms with E-state index in [-0.39, 0.29) is 0 Å². The fourth-order valence-corrected chi connectivity index (χ4v) is 7.59. The van der Waals surface area contributed by atoms with Crippen molar-refractivity contribution in [3.8, 4) is 45.0 Å². The lowest BCUT2D eigenvalue weighted by atomic mass is 10.00. The van der Waals surface area contributed by atoms with Crippen molar-refractivity contribution in [1.82, 2.24) is 14.1 Å². The van der Waals surface area contributed by atoms with Crippen molar-refractivity contribution in [1.29, 1.82) is 0 Å². The Balaban J connectivity index is 1.17. The molecule has 0 aliphatic carbocycles. The quantitative estimate of drug-likeness (QED) is 0.184. The summed E-state index contributed by atoms with van der Waals surface area (Å²) in [5, 5.41) is 4.93. The van der Waals surface area contributed by atoms with Gasteiger partial charge in [-0.05, 0) is 90.0 Å². The van der Waals surface area contributed by atoms with Gasteiger partial charge in [-0.25, -0.2) is 4.98 Å². The zero-order chi connectivity index (χ0) is 33.0. The Kier molecular flexibility index (Phi) is 6.49. The largest absolute Gasteiger partial charge is 0.309 e. The van der Waals surface area contributed by atoms with Gasteiger partial charge in [0.2, 0.25) is 0 Å². The summed E-state index contributed by atoms with van der Waals surface area (Å²) in [4.78, 5) is 5.10. The van der Waals surface area contributed by atoms with Crippen molar-refractivity contribution in [3.63, 3.8) is 0 Å². The van der Waals surface area contributed by atoms with Crippen LogP contribution < -0.4 is 0 Å². The maximum atomic E-state index is 5.10. The van der Waals surface area contributed by atoms with Crippen LogP contribution in [-0.4, -0.2) is 14.1 Å². The Morgan fingerprint density at radius 1 is 0.280 bits per heavy atom. The van der Waals surface area contributed by atoms with Gasteiger partial charge in [0.05, 0.1) is 33.5 Å². The van der Waals surface area contributed by atoms with Gasteiger partial charge in [-0.15, -0.1) is 0 Å². The first-order valence-corrected chi connectivity index (χ1v) is 17.1. The number of fused-ring (bicyclic) bond motifs is 6. The van der Waals surface area contributed by atoms with E-state index in [0.29, 0.717) is 0 Å². The molecule has 0 N–H and O–H groups in total. The standard InChI is InChI=1S/C47H31N3/c1-4-13-32(14-5-1)42-20-12-21-43(48-42)35-25-28-47-41(31-35)40-30-34(24-27-46(40)50(47)37-17-8-3-9-18-37)33-23-26-45-39(29-33)38-19-10-11-22-44(38)49(45)36-15-6-2-7-16-36/h1-31H. The van der Waals surface area contributed by atoms with Crippen LogP contribution in [0.4, 0.5) is 0 Å². The van der Waals surface area contributed by atoms with Crippen molar-refractivity contribution in [2.75, 3.05) is 0 Å². The molecule has 0 fully saturated rings. The smallest absolute Gasteiger partial charge is 0.0709 e. The molecule has 234 valence electrons. The van der Waals surface area contributed by atoms with Gasteiger partial charge in [-0.2, -0.15) is 0 Å². The highest BCUT2D eigenvalue weighted by Crippen LogP contribution is 2.39. The normalized spacial score (nSPS) is 11.6. The zero-order valence-corrected chi connectivity index (χ0v) is 27.2. The molecule has 0 aliphatic rings. The molecule has 0 atom stereocenters. The molecule has 0 aliphatic heterocycles. The molecule has 7 aromatic carbocycles. The first kappa shape index (κ1) is 28.3. The Hall–Kier alpha value is -6.71. The van der Waals surface area contributed by atoms with E-state index >= 15 is 0 Å². The van der Waals surface area contributed by atoms with Crippen LogP contribution >= 0.6 is 0 Å². The van der Waals surface area contributed by atoms with Crippen LogP contribution in [0.25, 0.3) is 88.6 Å². The second kappa shape index (κ2) is 11.5. The van der Waals surface area contributed by atoms with Gasteiger partial charge in [0.25, 0.3) is 0 Å². The minimum atomic E-state index is 0.963. The minimum absolute atomic E-state index is 0.963. The summed E-state index contributed by atoms with van der Waals surface area (Å²) in [7, 11) is 0. The second-order valence-electron chi connectivity index (χ2n) is 12.8. The van der Waals surface area contributed by atoms with Gasteiger partial charge in [-0.1, -0.05) is 109 Å². The van der Waals surface area contributed by atoms with E-state index in [1.165, 1.54) is 60.4 Å². The van der Waals surface area contributed by atoms with Crippen LogP contribution in [0.1, 0.15) is 0 Å². The Morgan fingerprint density at radius 3 is 1.28 bits per heavy atom. The van der Waals surface area contributed by atoms with Gasteiger partial charge in [-0.3, -0.25) is 0 Å². The van der Waals surface area contributed by atoms with E-state index in [1.807, 2.05) is 6.07 Å². The number of hydrogen-bond donors (Lipinski definition) is 0. The zero-order valence-electron chi connectivity index (χ0n) is 27.2. The molecule has 3 aromatic heterocycles. The van der Waals surface area contributed by atoms with Crippen LogP contribution in [0.5, 0.6) is 0 Å². The van der Waals surface area contributed by atoms with Crippen LogP contribution in [0, 0.1) is 0 Å². The molecule has 10 rings (SSSR count). The highest BCUT2D eigenvalue weighted by atomic mass is 15.0. The van der Waals surface area contributed by atoms with E-state index in [2.05, 4.69) is 191 Å². The molecule has 10 aromatic rings. The predicted molar refractivity (Wildman–Crippen MR) is 209 cm³/mol. The predicted octanol–water partition coefficient (Wildman–Crippen LogP) is 12.3. The molecule has 0 radical (unpaired) electrons. The first-order valence-electron chi connectivity index (χ1n) is 17.1. The minimum Gasteiger partial charge on any atom is -0.309 e. The summed E-state index contributed by atoms with van der Waals surface area (Å²) in [5.74, 6) is 0. The maximum absolute atomic E-state index is 5.10. The average Bonchev–Trinajstić information content (AvgIpc) is 3.71. The van der Waals surface area contributed by atoms with Crippen molar-refractivity contribution in [3.05, 3.63) is 188 Å². The first-order chi connectivity index (χ1) is 24.8. The van der Waals surface area contributed by atoms with E-state index in [0.717, 1.165) is 28.2 Å². The van der Waals surface area contributed by atoms with E-state index in [9.17, 15) is 0 Å². The molecule has 3 heterocycles. The SMILES string of the molecule is c1ccc(-c2cccc(-c3ccc4c(c3)c3cc(-c5ccc6c(c5)c5ccccc5n6-c5ccccc5)ccc3n4-c3ccccc3)n2)cc1. The number of aromatic nitrogens is 3. The number of benzene rings is 7. The average molecular weight is 638 g/mol. The molecule has 0 saturated carbocycles. The number of pyridine rings is 1. The lowest BCUT2D eigenvalue weighted by molar-refractivity contribution is 1.18. The molecule has 3 nitrogen and oxygen atoms in total. The van der Waals surface area contributed by atoms with Crippen LogP contribution in [0.3, 0.4) is 0 Å². The lowest BCUT2D eigenvalue weighted by Gasteiger charge is -2.09. The number of para-hydroxylation sites is 3. The van der Waals surface area contributed by atoms with Crippen molar-refractivity contribution in [2.24, 2.45) is 0 Å². The molecule has 0 unspecified atom stereocenters. The molecule has 0 spiro atoms. The summed E-state index contributed by atoms with van der Waals surface area (Å²) in [6.07, 6.45) is 0. The van der Waals surface area contributed by atoms with Gasteiger partial charge in [0.1, 0.15) is 0 Å². The third-order valence-corrected chi connectivity index (χ3v) is 9.91. The molecule has 50 heavy (non-hydrogen) atoms. The fourth-order valence-electron chi connectivity index (χ4n) is 7.59. The summed E-state index contributed by atoms with van der Waals surface area (Å²) in [6.45, 7) is 0. The monoisotopic (exact) mass is 637 g/mol. The summed E-state index contributed by atoms with van der Waals surface area (Å²) >= 11 is 0. The van der Waals surface area contributed by atoms with Gasteiger partial charge < -0.3 is 9.13 Å². The number of rotatable bonds is 5. The van der Waals surface area contributed by atoms with E-state index in [4.69, 9.17) is 4.98 Å². The fraction of sp³-hybridized carbons (Fsp3) is 0. The third-order valence-electron chi connectivity index (χ3n) is 9.91. The number of hydrogen-bond acceptors (Lipinski definition) is 1. The third kappa shape index (κ3) is 4.56. The molecule has 3 heteroatoms. The highest BCUT2D eigenvalue weighted by molar-refractivity contribution is 6.13. The molecule has 0 amide bonds. The summed E-state index contributed by atoms with van der Waals surface area (Å²) in [5.41, 5.74) is 13.6. The van der Waals surface area contributed by atoms with E-state index < -0.39 is 0 Å². The van der Waals surface area contributed by atoms with Gasteiger partial charge in [0.15, 0.2) is 0 Å². The van der Waals surface area contributed by atoms with Gasteiger partial charge >= 0.3 is 0 Å². The van der Waals surface area contributed by atoms with Crippen molar-refractivity contribution >= 4 is 43.6 Å². The lowest BCUT2D eigenvalue weighted by Crippen LogP contribution is -1.93. The Bertz CT molecular complexity index is 2850. The highest BCUT2D eigenvalue weighted by Gasteiger charge is 2.17. The van der Waals surface area contributed by atoms with Crippen molar-refractivity contribution in [2.45, 2.75) is 0 Å². The van der Waals surface area contributed by atoms with Crippen LogP contribution in [0.2, 0.25) is 0 Å². The Morgan fingerprint density at radius 2 is 0.700 bits per heavy atom. The second-order valence-corrected chi connectivity index (χ2v) is 12.8. The summed E-state index contributed by atoms with van der Waals surface area (Å²) < 4.78 is 4.75. The van der Waals surface area contributed by atoms with Gasteiger partial charge in [0, 0.05) is 44.0 Å². The van der Waals surface area contributed by atoms with E-state index in [1.54, 1.807) is 0 Å². The van der Waals surface area contributed by atoms with Crippen LogP contribution in [-0.2, 0) is 0 Å². The summed E-state index contributed by atoms with van der Waals surface area (Å²) in [6, 6.07) is 67.3. The molecule has 0 saturated heterocycles. The molecular formula is C47H31N3. The van der Waals surface area contributed by atoms with Crippen LogP contribution in [0.15, 0.2) is 188 Å². The molecular weight excluding hydrogens is 607 g/mol. The Labute approximate surface area is 290 Å². The molecule has 0 bridgehead atoms. The number of nitrogens with zero attached hydrogens (tertiary/aromatic N) is 3. The topological polar surface area (TPSA) is 22.8 Å².